The molecule has 86 valence electrons. The molecule has 1 saturated carbocycles. The molecule has 6 heteroatoms. The molecule has 1 aliphatic rings. The molecule has 0 radical (unpaired) electrons. The summed E-state index contributed by atoms with van der Waals surface area (Å²) in [5, 5.41) is 9.75. The second kappa shape index (κ2) is 6.13. The predicted octanol–water partition coefficient (Wildman–Crippen LogP) is 0.315. The van der Waals surface area contributed by atoms with Crippen LogP contribution in [0.2, 0.25) is 5.21 Å². The van der Waals surface area contributed by atoms with E-state index in [-0.39, 0.29) is 10.6 Å². The van der Waals surface area contributed by atoms with Crippen molar-refractivity contribution in [2.24, 2.45) is 17.7 Å². The zero-order chi connectivity index (χ0) is 11.3. The first-order chi connectivity index (χ1) is 7.13. The topological polar surface area (TPSA) is 92.4 Å². The Bertz CT molecular complexity index is 240. The van der Waals surface area contributed by atoms with Crippen molar-refractivity contribution in [3.8, 4) is 0 Å². The number of hydrazine groups is 1. The number of amides is 1. The number of carbonyl (C=O) groups is 2. The fourth-order valence-electron chi connectivity index (χ4n) is 1.90. The van der Waals surface area contributed by atoms with Gasteiger partial charge in [0, 0.05) is 0 Å². The van der Waals surface area contributed by atoms with Crippen LogP contribution in [0.25, 0.3) is 0 Å². The fraction of sp³-hybridized carbons (Fsp3) is 0.778. The van der Waals surface area contributed by atoms with Crippen molar-refractivity contribution in [3.63, 3.8) is 0 Å². The van der Waals surface area contributed by atoms with Gasteiger partial charge in [-0.3, -0.25) is 0 Å². The zero-order valence-electron chi connectivity index (χ0n) is 8.53. The summed E-state index contributed by atoms with van der Waals surface area (Å²) in [6, 6.07) is 0. The Morgan fingerprint density at radius 1 is 1.33 bits per heavy atom. The monoisotopic (exact) mass is 276 g/mol. The first-order valence-electron chi connectivity index (χ1n) is 5.10. The average molecular weight is 276 g/mol. The Kier molecular flexibility index (Phi) is 5.12. The van der Waals surface area contributed by atoms with E-state index in [0.717, 1.165) is 30.9 Å². The third kappa shape index (κ3) is 4.22. The van der Waals surface area contributed by atoms with Gasteiger partial charge in [-0.05, 0) is 0 Å². The normalized spacial score (nSPS) is 26.7. The molecule has 0 heterocycles. The summed E-state index contributed by atoms with van der Waals surface area (Å²) in [6.45, 7) is 0. The van der Waals surface area contributed by atoms with Crippen molar-refractivity contribution in [1.29, 1.82) is 0 Å². The van der Waals surface area contributed by atoms with Crippen LogP contribution < -0.4 is 11.3 Å². The summed E-state index contributed by atoms with van der Waals surface area (Å²) in [5.41, 5.74) is 2.15. The number of aliphatic carboxylic acids is 1. The van der Waals surface area contributed by atoms with Crippen LogP contribution in [-0.4, -0.2) is 31.5 Å². The van der Waals surface area contributed by atoms with Crippen molar-refractivity contribution in [2.75, 3.05) is 0 Å². The van der Waals surface area contributed by atoms with Crippen LogP contribution in [0.5, 0.6) is 0 Å². The first-order valence-corrected chi connectivity index (χ1v) is 7.64. The van der Waals surface area contributed by atoms with E-state index in [1.807, 2.05) is 0 Å². The molecule has 1 atom stereocenters. The van der Waals surface area contributed by atoms with Gasteiger partial charge in [0.25, 0.3) is 0 Å². The summed E-state index contributed by atoms with van der Waals surface area (Å²) in [4.78, 5) is 21.7. The van der Waals surface area contributed by atoms with E-state index in [1.165, 1.54) is 0 Å². The SMILES string of the molecule is NNC(=O)[AsH]CC1CCC(C(=O)O)CC1. The standard InChI is InChI=1S/C9H17AsN2O3/c11-12-9(15)10-5-6-1-3-7(4-2-6)8(13)14/h6-7,10H,1-5,11H2,(H,12,15)(H,13,14). The van der Waals surface area contributed by atoms with Crippen LogP contribution in [0.4, 0.5) is 4.79 Å². The van der Waals surface area contributed by atoms with Crippen LogP contribution in [0, 0.1) is 11.8 Å². The molecule has 5 nitrogen and oxygen atoms in total. The molecule has 0 aliphatic heterocycles. The Hall–Kier alpha value is -0.542. The molecule has 0 saturated heterocycles. The zero-order valence-corrected chi connectivity index (χ0v) is 10.6. The van der Waals surface area contributed by atoms with Gasteiger partial charge in [-0.25, -0.2) is 0 Å². The van der Waals surface area contributed by atoms with Gasteiger partial charge in [-0.2, -0.15) is 0 Å². The summed E-state index contributed by atoms with van der Waals surface area (Å²) < 4.78 is -0.0182. The summed E-state index contributed by atoms with van der Waals surface area (Å²) in [6.07, 6.45) is 3.41. The van der Waals surface area contributed by atoms with Crippen LogP contribution >= 0.6 is 0 Å². The number of hydrogen-bond acceptors (Lipinski definition) is 3. The molecule has 1 amide bonds. The third-order valence-corrected chi connectivity index (χ3v) is 5.49. The van der Waals surface area contributed by atoms with Crippen LogP contribution in [0.1, 0.15) is 25.7 Å². The Morgan fingerprint density at radius 3 is 2.40 bits per heavy atom. The fourth-order valence-corrected chi connectivity index (χ4v) is 3.97. The number of nitrogens with one attached hydrogen (secondary N) is 1. The van der Waals surface area contributed by atoms with Crippen molar-refractivity contribution in [1.82, 2.24) is 5.43 Å². The van der Waals surface area contributed by atoms with Crippen LogP contribution in [-0.2, 0) is 4.79 Å². The van der Waals surface area contributed by atoms with Gasteiger partial charge < -0.3 is 0 Å². The van der Waals surface area contributed by atoms with Gasteiger partial charge in [0.2, 0.25) is 0 Å². The quantitative estimate of drug-likeness (QED) is 0.298. The molecule has 4 N–H and O–H groups in total. The average Bonchev–Trinajstić information content (AvgIpc) is 2.26. The Labute approximate surface area is 95.4 Å². The van der Waals surface area contributed by atoms with Crippen LogP contribution in [0.3, 0.4) is 0 Å². The Morgan fingerprint density at radius 2 is 1.93 bits per heavy atom. The van der Waals surface area contributed by atoms with Gasteiger partial charge in [0.1, 0.15) is 0 Å². The van der Waals surface area contributed by atoms with Gasteiger partial charge in [0.05, 0.1) is 0 Å². The van der Waals surface area contributed by atoms with Crippen molar-refractivity contribution >= 4 is 26.4 Å². The first kappa shape index (κ1) is 12.5. The number of hydrogen-bond donors (Lipinski definition) is 3. The van der Waals surface area contributed by atoms with Gasteiger partial charge in [-0.1, -0.05) is 0 Å². The number of carbonyl (C=O) groups excluding carboxylic acids is 1. The second-order valence-corrected chi connectivity index (χ2v) is 6.46. The molecule has 15 heavy (non-hydrogen) atoms. The minimum atomic E-state index is -0.677. The van der Waals surface area contributed by atoms with E-state index in [9.17, 15) is 9.59 Å². The van der Waals surface area contributed by atoms with Crippen molar-refractivity contribution in [3.05, 3.63) is 0 Å². The van der Waals surface area contributed by atoms with E-state index in [4.69, 9.17) is 10.9 Å². The molecule has 1 unspecified atom stereocenters. The van der Waals surface area contributed by atoms with Gasteiger partial charge >= 0.3 is 95.1 Å². The van der Waals surface area contributed by atoms with Crippen molar-refractivity contribution < 1.29 is 14.7 Å². The maximum atomic E-state index is 11.0. The Balaban J connectivity index is 2.20. The molecule has 1 fully saturated rings. The number of nitrogens with two attached hydrogens (primary N) is 1. The molecular weight excluding hydrogens is 259 g/mol. The van der Waals surface area contributed by atoms with E-state index in [2.05, 4.69) is 5.43 Å². The minimum absolute atomic E-state index is 0.0182. The molecule has 0 aromatic heterocycles. The molecule has 1 aliphatic carbocycles. The number of rotatable bonds is 4. The van der Waals surface area contributed by atoms with E-state index >= 15 is 0 Å². The predicted molar refractivity (Wildman–Crippen MR) is 57.8 cm³/mol. The summed E-state index contributed by atoms with van der Waals surface area (Å²) in [5.74, 6) is 4.70. The summed E-state index contributed by atoms with van der Waals surface area (Å²) >= 11 is -0.647. The summed E-state index contributed by atoms with van der Waals surface area (Å²) in [7, 11) is 0. The molecule has 0 aromatic rings. The molecule has 0 spiro atoms. The number of carboxylic acids is 1. The molecule has 0 bridgehead atoms. The van der Waals surface area contributed by atoms with Crippen molar-refractivity contribution in [2.45, 2.75) is 30.9 Å². The maximum absolute atomic E-state index is 11.0. The number of carboxylic acid groups (broad SMARTS) is 1. The van der Waals surface area contributed by atoms with E-state index < -0.39 is 21.7 Å². The van der Waals surface area contributed by atoms with E-state index in [0.29, 0.717) is 5.92 Å². The molecular formula is C9H17AsN2O3. The van der Waals surface area contributed by atoms with Gasteiger partial charge in [0.15, 0.2) is 0 Å². The van der Waals surface area contributed by atoms with Gasteiger partial charge in [-0.15, -0.1) is 0 Å². The molecule has 0 aromatic carbocycles. The molecule has 1 rings (SSSR count). The second-order valence-electron chi connectivity index (χ2n) is 3.91. The van der Waals surface area contributed by atoms with Crippen LogP contribution in [0.15, 0.2) is 0 Å². The third-order valence-electron chi connectivity index (χ3n) is 2.88. The van der Waals surface area contributed by atoms with E-state index in [1.54, 1.807) is 0 Å².